The topological polar surface area (TPSA) is 75.2 Å². The molecule has 1 amide bonds. The van der Waals surface area contributed by atoms with Gasteiger partial charge in [0.25, 0.3) is 0 Å². The van der Waals surface area contributed by atoms with E-state index in [1.807, 2.05) is 63.1 Å². The Labute approximate surface area is 156 Å². The van der Waals surface area contributed by atoms with Crippen molar-refractivity contribution in [1.29, 1.82) is 0 Å². The maximum atomic E-state index is 11.6. The number of guanidine groups is 1. The molecule has 0 heterocycles. The Bertz CT molecular complexity index is 556. The maximum absolute atomic E-state index is 11.6. The van der Waals surface area contributed by atoms with Crippen molar-refractivity contribution < 1.29 is 14.3 Å². The standard InChI is InChI=1S/C19H32N4O3/c1-19(2,3)26-18(24)22-13-9-12-21-17(20-4)23(5)14-15-25-16-10-7-6-8-11-16/h6-8,10-11H,9,12-15H2,1-5H3,(H,20,21)(H,22,24). The summed E-state index contributed by atoms with van der Waals surface area (Å²) >= 11 is 0. The summed E-state index contributed by atoms with van der Waals surface area (Å²) in [6.07, 6.45) is 0.379. The maximum Gasteiger partial charge on any atom is 0.407 e. The van der Waals surface area contributed by atoms with Crippen LogP contribution >= 0.6 is 0 Å². The fraction of sp³-hybridized carbons (Fsp3) is 0.579. The molecule has 0 spiro atoms. The van der Waals surface area contributed by atoms with Crippen LogP contribution in [0.25, 0.3) is 0 Å². The average Bonchev–Trinajstić information content (AvgIpc) is 2.57. The molecule has 0 saturated heterocycles. The van der Waals surface area contributed by atoms with Crippen LogP contribution in [-0.2, 0) is 4.74 Å². The molecule has 0 bridgehead atoms. The Kier molecular flexibility index (Phi) is 9.33. The SMILES string of the molecule is CN=C(NCCCNC(=O)OC(C)(C)C)N(C)CCOc1ccccc1. The van der Waals surface area contributed by atoms with Gasteiger partial charge in [-0.05, 0) is 39.3 Å². The molecule has 0 fully saturated rings. The molecule has 146 valence electrons. The van der Waals surface area contributed by atoms with Crippen LogP contribution in [0.15, 0.2) is 35.3 Å². The number of rotatable bonds is 8. The summed E-state index contributed by atoms with van der Waals surface area (Å²) < 4.78 is 10.9. The first-order valence-electron chi connectivity index (χ1n) is 8.88. The summed E-state index contributed by atoms with van der Waals surface area (Å²) in [5, 5.41) is 6.01. The Hall–Kier alpha value is -2.44. The number of carbonyl (C=O) groups is 1. The first kappa shape index (κ1) is 21.6. The van der Waals surface area contributed by atoms with Gasteiger partial charge in [0.05, 0.1) is 6.54 Å². The molecule has 1 rings (SSSR count). The lowest BCUT2D eigenvalue weighted by Crippen LogP contribution is -2.42. The summed E-state index contributed by atoms with van der Waals surface area (Å²) in [6.45, 7) is 8.05. The highest BCUT2D eigenvalue weighted by Crippen LogP contribution is 2.08. The predicted molar refractivity (Wildman–Crippen MR) is 105 cm³/mol. The number of hydrogen-bond donors (Lipinski definition) is 2. The van der Waals surface area contributed by atoms with E-state index in [2.05, 4.69) is 15.6 Å². The van der Waals surface area contributed by atoms with Crippen molar-refractivity contribution in [1.82, 2.24) is 15.5 Å². The van der Waals surface area contributed by atoms with Crippen molar-refractivity contribution in [3.63, 3.8) is 0 Å². The number of carbonyl (C=O) groups excluding carboxylic acids is 1. The molecule has 26 heavy (non-hydrogen) atoms. The Balaban J connectivity index is 2.18. The highest BCUT2D eigenvalue weighted by atomic mass is 16.6. The predicted octanol–water partition coefficient (Wildman–Crippen LogP) is 2.49. The van der Waals surface area contributed by atoms with Gasteiger partial charge in [0, 0.05) is 27.2 Å². The van der Waals surface area contributed by atoms with Crippen molar-refractivity contribution in [2.75, 3.05) is 40.3 Å². The second-order valence-electron chi connectivity index (χ2n) is 6.84. The van der Waals surface area contributed by atoms with Gasteiger partial charge in [0.1, 0.15) is 18.0 Å². The molecular weight excluding hydrogens is 332 g/mol. The van der Waals surface area contributed by atoms with E-state index in [1.165, 1.54) is 0 Å². The second-order valence-corrected chi connectivity index (χ2v) is 6.84. The van der Waals surface area contributed by atoms with Crippen molar-refractivity contribution >= 4 is 12.1 Å². The van der Waals surface area contributed by atoms with Crippen LogP contribution < -0.4 is 15.4 Å². The summed E-state index contributed by atoms with van der Waals surface area (Å²) in [6, 6.07) is 9.73. The fourth-order valence-corrected chi connectivity index (χ4v) is 2.10. The van der Waals surface area contributed by atoms with E-state index >= 15 is 0 Å². The molecule has 7 nitrogen and oxygen atoms in total. The third-order valence-electron chi connectivity index (χ3n) is 3.32. The van der Waals surface area contributed by atoms with Gasteiger partial charge in [0.15, 0.2) is 5.96 Å². The van der Waals surface area contributed by atoms with Gasteiger partial charge in [-0.2, -0.15) is 0 Å². The van der Waals surface area contributed by atoms with Crippen molar-refractivity contribution in [2.45, 2.75) is 32.8 Å². The third kappa shape index (κ3) is 9.76. The minimum atomic E-state index is -0.477. The molecule has 2 N–H and O–H groups in total. The molecule has 0 unspecified atom stereocenters. The molecule has 0 aliphatic rings. The second kappa shape index (κ2) is 11.2. The highest BCUT2D eigenvalue weighted by Gasteiger charge is 2.15. The first-order valence-corrected chi connectivity index (χ1v) is 8.88. The van der Waals surface area contributed by atoms with Crippen molar-refractivity contribution in [3.8, 4) is 5.75 Å². The molecule has 0 aliphatic heterocycles. The van der Waals surface area contributed by atoms with E-state index in [4.69, 9.17) is 9.47 Å². The minimum absolute atomic E-state index is 0.392. The lowest BCUT2D eigenvalue weighted by molar-refractivity contribution is 0.0527. The smallest absolute Gasteiger partial charge is 0.407 e. The molecule has 1 aromatic carbocycles. The molecule has 0 saturated carbocycles. The summed E-state index contributed by atoms with van der Waals surface area (Å²) in [4.78, 5) is 17.8. The van der Waals surface area contributed by atoms with Gasteiger partial charge in [-0.25, -0.2) is 4.79 Å². The van der Waals surface area contributed by atoms with Crippen LogP contribution in [-0.4, -0.2) is 62.9 Å². The lowest BCUT2D eigenvalue weighted by atomic mass is 10.2. The van der Waals surface area contributed by atoms with E-state index in [0.29, 0.717) is 26.2 Å². The van der Waals surface area contributed by atoms with Gasteiger partial charge >= 0.3 is 6.09 Å². The number of ether oxygens (including phenoxy) is 2. The summed E-state index contributed by atoms with van der Waals surface area (Å²) in [5.41, 5.74) is -0.477. The average molecular weight is 364 g/mol. The molecule has 0 aromatic heterocycles. The number of likely N-dealkylation sites (N-methyl/N-ethyl adjacent to an activating group) is 1. The van der Waals surface area contributed by atoms with Gasteiger partial charge in [-0.15, -0.1) is 0 Å². The van der Waals surface area contributed by atoms with Crippen LogP contribution in [0.4, 0.5) is 4.79 Å². The number of amides is 1. The number of benzene rings is 1. The Morgan fingerprint density at radius 2 is 1.81 bits per heavy atom. The van der Waals surface area contributed by atoms with Gasteiger partial charge in [0.2, 0.25) is 0 Å². The minimum Gasteiger partial charge on any atom is -0.492 e. The summed E-state index contributed by atoms with van der Waals surface area (Å²) in [5.74, 6) is 1.65. The van der Waals surface area contributed by atoms with Crippen LogP contribution in [0, 0.1) is 0 Å². The molecule has 0 atom stereocenters. The zero-order valence-corrected chi connectivity index (χ0v) is 16.5. The first-order chi connectivity index (χ1) is 12.3. The van der Waals surface area contributed by atoms with Crippen molar-refractivity contribution in [2.24, 2.45) is 4.99 Å². The van der Waals surface area contributed by atoms with E-state index < -0.39 is 11.7 Å². The monoisotopic (exact) mass is 364 g/mol. The Morgan fingerprint density at radius 3 is 2.42 bits per heavy atom. The van der Waals surface area contributed by atoms with Crippen LogP contribution in [0.3, 0.4) is 0 Å². The lowest BCUT2D eigenvalue weighted by Gasteiger charge is -2.22. The normalized spacial score (nSPS) is 11.7. The largest absolute Gasteiger partial charge is 0.492 e. The molecule has 1 aromatic rings. The van der Waals surface area contributed by atoms with E-state index in [1.54, 1.807) is 7.05 Å². The van der Waals surface area contributed by atoms with E-state index in [-0.39, 0.29) is 0 Å². The van der Waals surface area contributed by atoms with Crippen molar-refractivity contribution in [3.05, 3.63) is 30.3 Å². The van der Waals surface area contributed by atoms with Gasteiger partial charge in [-0.1, -0.05) is 18.2 Å². The number of aliphatic imine (C=N–C) groups is 1. The fourth-order valence-electron chi connectivity index (χ4n) is 2.10. The summed E-state index contributed by atoms with van der Waals surface area (Å²) in [7, 11) is 3.71. The number of alkyl carbamates (subject to hydrolysis) is 1. The van der Waals surface area contributed by atoms with Crippen LogP contribution in [0.2, 0.25) is 0 Å². The van der Waals surface area contributed by atoms with Gasteiger partial charge in [-0.3, -0.25) is 4.99 Å². The third-order valence-corrected chi connectivity index (χ3v) is 3.32. The highest BCUT2D eigenvalue weighted by molar-refractivity contribution is 5.79. The zero-order valence-electron chi connectivity index (χ0n) is 16.5. The van der Waals surface area contributed by atoms with E-state index in [0.717, 1.165) is 18.1 Å². The van der Waals surface area contributed by atoms with Gasteiger partial charge < -0.3 is 25.0 Å². The van der Waals surface area contributed by atoms with Crippen LogP contribution in [0.1, 0.15) is 27.2 Å². The Morgan fingerprint density at radius 1 is 1.15 bits per heavy atom. The van der Waals surface area contributed by atoms with E-state index in [9.17, 15) is 4.79 Å². The number of para-hydroxylation sites is 1. The zero-order chi connectivity index (χ0) is 19.4. The number of nitrogens with one attached hydrogen (secondary N) is 2. The molecule has 7 heteroatoms. The number of hydrogen-bond acceptors (Lipinski definition) is 4. The molecule has 0 radical (unpaired) electrons. The van der Waals surface area contributed by atoms with Crippen LogP contribution in [0.5, 0.6) is 5.75 Å². The number of nitrogens with zero attached hydrogens (tertiary/aromatic N) is 2. The quantitative estimate of drug-likeness (QED) is 0.421. The molecule has 0 aliphatic carbocycles. The molecular formula is C19H32N4O3.